The first-order valence-corrected chi connectivity index (χ1v) is 7.07. The van der Waals surface area contributed by atoms with Gasteiger partial charge >= 0.3 is 0 Å². The number of benzene rings is 2. The highest BCUT2D eigenvalue weighted by Gasteiger charge is 2.35. The molecule has 0 atom stereocenters. The Morgan fingerprint density at radius 3 is 2.30 bits per heavy atom. The average Bonchev–Trinajstić information content (AvgIpc) is 2.78. The van der Waals surface area contributed by atoms with Crippen molar-refractivity contribution in [3.05, 3.63) is 58.1 Å². The number of anilines is 1. The van der Waals surface area contributed by atoms with E-state index < -0.39 is 0 Å². The number of fused-ring (bicyclic) bond motifs is 1. The lowest BCUT2D eigenvalue weighted by Crippen LogP contribution is -2.29. The number of aromatic hydroxyl groups is 1. The first kappa shape index (κ1) is 15.1. The summed E-state index contributed by atoms with van der Waals surface area (Å²) in [5, 5.41) is 12.1. The minimum atomic E-state index is -0.389. The molecule has 7 heteroatoms. The number of carbonyl (C=O) groups excluding carboxylic acids is 3. The van der Waals surface area contributed by atoms with Crippen LogP contribution in [-0.4, -0.2) is 28.2 Å². The topological polar surface area (TPSA) is 86.7 Å². The first-order valence-electron chi connectivity index (χ1n) is 6.69. The van der Waals surface area contributed by atoms with Crippen LogP contribution in [0.5, 0.6) is 5.75 Å². The Balaban J connectivity index is 1.93. The molecule has 3 rings (SSSR count). The van der Waals surface area contributed by atoms with Gasteiger partial charge in [-0.05, 0) is 29.8 Å². The van der Waals surface area contributed by atoms with Crippen LogP contribution in [0.2, 0.25) is 5.02 Å². The summed E-state index contributed by atoms with van der Waals surface area (Å²) in [6.07, 6.45) is 0.400. The number of amides is 3. The van der Waals surface area contributed by atoms with Gasteiger partial charge in [-0.15, -0.1) is 0 Å². The molecule has 3 amide bonds. The number of nitrogens with zero attached hydrogens (tertiary/aromatic N) is 1. The van der Waals surface area contributed by atoms with Crippen LogP contribution in [0.15, 0.2) is 36.4 Å². The normalized spacial score (nSPS) is 13.2. The second-order valence-corrected chi connectivity index (χ2v) is 5.39. The van der Waals surface area contributed by atoms with Crippen LogP contribution in [0.25, 0.3) is 0 Å². The van der Waals surface area contributed by atoms with Crippen LogP contribution in [0.4, 0.5) is 5.69 Å². The van der Waals surface area contributed by atoms with E-state index >= 15 is 0 Å². The van der Waals surface area contributed by atoms with E-state index in [4.69, 9.17) is 11.6 Å². The highest BCUT2D eigenvalue weighted by atomic mass is 35.5. The zero-order valence-corrected chi connectivity index (χ0v) is 12.5. The third kappa shape index (κ3) is 2.53. The number of carbonyl (C=O) groups is 3. The van der Waals surface area contributed by atoms with Crippen molar-refractivity contribution >= 4 is 35.5 Å². The predicted octanol–water partition coefficient (Wildman–Crippen LogP) is 2.41. The third-order valence-corrected chi connectivity index (χ3v) is 3.84. The molecule has 0 saturated heterocycles. The molecule has 0 spiro atoms. The second-order valence-electron chi connectivity index (χ2n) is 4.98. The number of phenols is 1. The molecule has 1 aliphatic rings. The molecule has 1 aliphatic heterocycles. The van der Waals surface area contributed by atoms with Crippen molar-refractivity contribution in [3.63, 3.8) is 0 Å². The Bertz CT molecular complexity index is 800. The fourth-order valence-corrected chi connectivity index (χ4v) is 2.73. The molecule has 6 nitrogen and oxygen atoms in total. The molecule has 0 radical (unpaired) electrons. The lowest BCUT2D eigenvalue weighted by molar-refractivity contribution is -0.105. The standard InChI is InChI=1S/C16H11ClN2O4/c17-12-5-9(6-13(14(12)21)18-8-20)7-19-15(22)10-3-1-2-4-11(10)16(19)23/h1-6,8,21H,7H2,(H,18,20). The molecule has 1 heterocycles. The van der Waals surface area contributed by atoms with E-state index in [2.05, 4.69) is 5.32 Å². The van der Waals surface area contributed by atoms with Crippen LogP contribution in [-0.2, 0) is 11.3 Å². The average molecular weight is 331 g/mol. The molecular formula is C16H11ClN2O4. The fourth-order valence-electron chi connectivity index (χ4n) is 2.49. The van der Waals surface area contributed by atoms with Gasteiger partial charge < -0.3 is 10.4 Å². The van der Waals surface area contributed by atoms with Crippen molar-refractivity contribution in [3.8, 4) is 5.75 Å². The number of nitrogens with one attached hydrogen (secondary N) is 1. The lowest BCUT2D eigenvalue weighted by atomic mass is 10.1. The summed E-state index contributed by atoms with van der Waals surface area (Å²) < 4.78 is 0. The molecule has 0 aliphatic carbocycles. The summed E-state index contributed by atoms with van der Waals surface area (Å²) in [5.41, 5.74) is 1.33. The van der Waals surface area contributed by atoms with Gasteiger partial charge in [0.2, 0.25) is 6.41 Å². The SMILES string of the molecule is O=CNc1cc(CN2C(=O)c3ccccc3C2=O)cc(Cl)c1O. The molecule has 0 aromatic heterocycles. The Labute approximate surface area is 136 Å². The zero-order valence-electron chi connectivity index (χ0n) is 11.7. The molecule has 0 unspecified atom stereocenters. The van der Waals surface area contributed by atoms with Crippen LogP contribution in [0.3, 0.4) is 0 Å². The van der Waals surface area contributed by atoms with Crippen LogP contribution >= 0.6 is 11.6 Å². The van der Waals surface area contributed by atoms with E-state index in [9.17, 15) is 19.5 Å². The van der Waals surface area contributed by atoms with Crippen molar-refractivity contribution in [2.75, 3.05) is 5.32 Å². The lowest BCUT2D eigenvalue weighted by Gasteiger charge is -2.15. The summed E-state index contributed by atoms with van der Waals surface area (Å²) in [6.45, 7) is -0.0140. The van der Waals surface area contributed by atoms with Crippen LogP contribution < -0.4 is 5.32 Å². The number of hydrogen-bond acceptors (Lipinski definition) is 4. The maximum Gasteiger partial charge on any atom is 0.261 e. The summed E-state index contributed by atoms with van der Waals surface area (Å²) in [6, 6.07) is 9.47. The van der Waals surface area contributed by atoms with E-state index in [1.54, 1.807) is 24.3 Å². The molecule has 2 aromatic carbocycles. The highest BCUT2D eigenvalue weighted by molar-refractivity contribution is 6.32. The summed E-state index contributed by atoms with van der Waals surface area (Å²) >= 11 is 5.91. The number of halogens is 1. The molecule has 23 heavy (non-hydrogen) atoms. The summed E-state index contributed by atoms with van der Waals surface area (Å²) in [5.74, 6) is -1.05. The Morgan fingerprint density at radius 2 is 1.74 bits per heavy atom. The molecule has 0 saturated carbocycles. The predicted molar refractivity (Wildman–Crippen MR) is 83.4 cm³/mol. The van der Waals surface area contributed by atoms with Gasteiger partial charge in [-0.25, -0.2) is 0 Å². The van der Waals surface area contributed by atoms with Crippen molar-refractivity contribution in [2.45, 2.75) is 6.54 Å². The number of imide groups is 1. The number of rotatable bonds is 4. The van der Waals surface area contributed by atoms with Gasteiger partial charge in [0.15, 0.2) is 5.75 Å². The van der Waals surface area contributed by atoms with Crippen molar-refractivity contribution in [2.24, 2.45) is 0 Å². The number of phenolic OH excluding ortho intramolecular Hbond substituents is 1. The van der Waals surface area contributed by atoms with Gasteiger partial charge in [0.25, 0.3) is 11.8 Å². The summed E-state index contributed by atoms with van der Waals surface area (Å²) in [4.78, 5) is 36.3. The molecule has 0 bridgehead atoms. The van der Waals surface area contributed by atoms with Gasteiger partial charge in [0.05, 0.1) is 28.4 Å². The van der Waals surface area contributed by atoms with Gasteiger partial charge in [-0.1, -0.05) is 23.7 Å². The third-order valence-electron chi connectivity index (χ3n) is 3.56. The molecule has 0 fully saturated rings. The van der Waals surface area contributed by atoms with Gasteiger partial charge in [0.1, 0.15) is 0 Å². The fraction of sp³-hybridized carbons (Fsp3) is 0.0625. The molecule has 2 N–H and O–H groups in total. The van der Waals surface area contributed by atoms with E-state index in [-0.39, 0.29) is 34.8 Å². The quantitative estimate of drug-likeness (QED) is 0.512. The van der Waals surface area contributed by atoms with Crippen molar-refractivity contribution in [1.82, 2.24) is 4.90 Å². The van der Waals surface area contributed by atoms with Crippen LogP contribution in [0, 0.1) is 0 Å². The maximum atomic E-state index is 12.3. The highest BCUT2D eigenvalue weighted by Crippen LogP contribution is 2.34. The second kappa shape index (κ2) is 5.73. The largest absolute Gasteiger partial charge is 0.504 e. The number of hydrogen-bond donors (Lipinski definition) is 2. The van der Waals surface area contributed by atoms with Gasteiger partial charge in [0, 0.05) is 0 Å². The maximum absolute atomic E-state index is 12.3. The Kier molecular flexibility index (Phi) is 3.75. The van der Waals surface area contributed by atoms with Crippen molar-refractivity contribution < 1.29 is 19.5 Å². The monoisotopic (exact) mass is 330 g/mol. The van der Waals surface area contributed by atoms with E-state index in [0.29, 0.717) is 23.1 Å². The Hall–Kier alpha value is -2.86. The smallest absolute Gasteiger partial charge is 0.261 e. The van der Waals surface area contributed by atoms with E-state index in [1.807, 2.05) is 0 Å². The summed E-state index contributed by atoms with van der Waals surface area (Å²) in [7, 11) is 0. The van der Waals surface area contributed by atoms with Crippen molar-refractivity contribution in [1.29, 1.82) is 0 Å². The van der Waals surface area contributed by atoms with Gasteiger partial charge in [-0.3, -0.25) is 19.3 Å². The molecule has 2 aromatic rings. The molecular weight excluding hydrogens is 320 g/mol. The first-order chi connectivity index (χ1) is 11.0. The van der Waals surface area contributed by atoms with Crippen LogP contribution in [0.1, 0.15) is 26.3 Å². The zero-order chi connectivity index (χ0) is 16.6. The molecule has 116 valence electrons. The van der Waals surface area contributed by atoms with E-state index in [1.165, 1.54) is 12.1 Å². The van der Waals surface area contributed by atoms with Gasteiger partial charge in [-0.2, -0.15) is 0 Å². The van der Waals surface area contributed by atoms with E-state index in [0.717, 1.165) is 4.90 Å². The Morgan fingerprint density at radius 1 is 1.13 bits per heavy atom. The minimum absolute atomic E-state index is 0.0140. The minimum Gasteiger partial charge on any atom is -0.504 e.